The Morgan fingerprint density at radius 1 is 1.10 bits per heavy atom. The topological polar surface area (TPSA) is 46.3 Å². The Morgan fingerprint density at radius 2 is 1.76 bits per heavy atom. The second kappa shape index (κ2) is 6.99. The first kappa shape index (κ1) is 15.2. The molecule has 0 aliphatic carbocycles. The number of thiocarbonyl (C=S) groups is 1. The summed E-state index contributed by atoms with van der Waals surface area (Å²) in [7, 11) is 1.80. The van der Waals surface area contributed by atoms with Gasteiger partial charge in [0.05, 0.1) is 4.99 Å². The monoisotopic (exact) mass is 298 g/mol. The lowest BCUT2D eigenvalue weighted by Crippen LogP contribution is -2.26. The van der Waals surface area contributed by atoms with Gasteiger partial charge in [0.15, 0.2) is 0 Å². The normalized spacial score (nSPS) is 10.1. The van der Waals surface area contributed by atoms with Gasteiger partial charge in [-0.1, -0.05) is 54.7 Å². The quantitative estimate of drug-likeness (QED) is 0.863. The lowest BCUT2D eigenvalue weighted by molar-refractivity contribution is 0.0785. The van der Waals surface area contributed by atoms with Crippen molar-refractivity contribution in [3.63, 3.8) is 0 Å². The van der Waals surface area contributed by atoms with E-state index >= 15 is 0 Å². The van der Waals surface area contributed by atoms with E-state index in [0.29, 0.717) is 23.5 Å². The van der Waals surface area contributed by atoms with Gasteiger partial charge in [0.25, 0.3) is 5.91 Å². The summed E-state index contributed by atoms with van der Waals surface area (Å²) in [5.41, 5.74) is 8.27. The number of hydrogen-bond acceptors (Lipinski definition) is 2. The van der Waals surface area contributed by atoms with Gasteiger partial charge in [-0.25, -0.2) is 0 Å². The lowest BCUT2D eigenvalue weighted by Gasteiger charge is -2.17. The molecule has 0 aliphatic rings. The van der Waals surface area contributed by atoms with E-state index in [9.17, 15) is 4.79 Å². The molecule has 2 aromatic carbocycles. The average molecular weight is 298 g/mol. The Labute approximate surface area is 130 Å². The van der Waals surface area contributed by atoms with E-state index in [4.69, 9.17) is 18.0 Å². The summed E-state index contributed by atoms with van der Waals surface area (Å²) in [5, 5.41) is 0. The number of benzene rings is 2. The molecule has 2 rings (SSSR count). The first-order chi connectivity index (χ1) is 10.1. The van der Waals surface area contributed by atoms with E-state index in [0.717, 1.165) is 11.1 Å². The van der Waals surface area contributed by atoms with E-state index in [1.165, 1.54) is 0 Å². The minimum atomic E-state index is -0.0105. The molecule has 0 aliphatic heterocycles. The van der Waals surface area contributed by atoms with Gasteiger partial charge in [0.2, 0.25) is 0 Å². The smallest absolute Gasteiger partial charge is 0.253 e. The fourth-order valence-corrected chi connectivity index (χ4v) is 2.33. The molecule has 0 saturated carbocycles. The van der Waals surface area contributed by atoms with Gasteiger partial charge in [-0.15, -0.1) is 0 Å². The highest BCUT2D eigenvalue weighted by Crippen LogP contribution is 2.11. The summed E-state index contributed by atoms with van der Waals surface area (Å²) in [6, 6.07) is 17.4. The largest absolute Gasteiger partial charge is 0.393 e. The van der Waals surface area contributed by atoms with Crippen LogP contribution in [0.5, 0.6) is 0 Å². The van der Waals surface area contributed by atoms with Crippen LogP contribution in [0.4, 0.5) is 0 Å². The third kappa shape index (κ3) is 4.39. The summed E-state index contributed by atoms with van der Waals surface area (Å²) in [4.78, 5) is 14.6. The highest BCUT2D eigenvalue weighted by Gasteiger charge is 2.12. The molecule has 108 valence electrons. The fourth-order valence-electron chi connectivity index (χ4n) is 2.16. The van der Waals surface area contributed by atoms with Crippen LogP contribution in [0.1, 0.15) is 21.5 Å². The highest BCUT2D eigenvalue weighted by molar-refractivity contribution is 7.80. The van der Waals surface area contributed by atoms with Crippen molar-refractivity contribution in [3.8, 4) is 0 Å². The molecular formula is C17H18N2OS. The van der Waals surface area contributed by atoms with Crippen molar-refractivity contribution in [2.45, 2.75) is 13.0 Å². The highest BCUT2D eigenvalue weighted by atomic mass is 32.1. The molecule has 0 spiro atoms. The van der Waals surface area contributed by atoms with Gasteiger partial charge < -0.3 is 10.6 Å². The summed E-state index contributed by atoms with van der Waals surface area (Å²) in [6.07, 6.45) is 0.513. The minimum absolute atomic E-state index is 0.0105. The standard InChI is InChI=1S/C17H18N2OS/c1-19(12-13-6-3-2-4-7-13)17(20)15-9-5-8-14(10-15)11-16(18)21/h2-10H,11-12H2,1H3,(H2,18,21). The second-order valence-electron chi connectivity index (χ2n) is 4.99. The number of rotatable bonds is 5. The van der Waals surface area contributed by atoms with Crippen LogP contribution < -0.4 is 5.73 Å². The van der Waals surface area contributed by atoms with Gasteiger partial charge in [0.1, 0.15) is 0 Å². The molecule has 0 unspecified atom stereocenters. The van der Waals surface area contributed by atoms with Crippen LogP contribution >= 0.6 is 12.2 Å². The average Bonchev–Trinajstić information content (AvgIpc) is 2.47. The third-order valence-electron chi connectivity index (χ3n) is 3.16. The van der Waals surface area contributed by atoms with E-state index in [-0.39, 0.29) is 5.91 Å². The maximum atomic E-state index is 12.4. The molecule has 21 heavy (non-hydrogen) atoms. The van der Waals surface area contributed by atoms with Gasteiger partial charge in [-0.3, -0.25) is 4.79 Å². The Morgan fingerprint density at radius 3 is 2.43 bits per heavy atom. The van der Waals surface area contributed by atoms with Crippen molar-refractivity contribution in [2.24, 2.45) is 5.73 Å². The first-order valence-corrected chi connectivity index (χ1v) is 7.13. The van der Waals surface area contributed by atoms with Gasteiger partial charge in [-0.2, -0.15) is 0 Å². The van der Waals surface area contributed by atoms with Crippen LogP contribution in [0.3, 0.4) is 0 Å². The Bertz CT molecular complexity index is 640. The molecular weight excluding hydrogens is 280 g/mol. The van der Waals surface area contributed by atoms with Crippen molar-refractivity contribution in [1.29, 1.82) is 0 Å². The molecule has 4 heteroatoms. The van der Waals surface area contributed by atoms with Crippen molar-refractivity contribution < 1.29 is 4.79 Å². The molecule has 2 N–H and O–H groups in total. The van der Waals surface area contributed by atoms with Crippen LogP contribution in [0.15, 0.2) is 54.6 Å². The van der Waals surface area contributed by atoms with E-state index in [1.54, 1.807) is 11.9 Å². The maximum absolute atomic E-state index is 12.4. The number of carbonyl (C=O) groups is 1. The molecule has 0 atom stereocenters. The molecule has 0 aromatic heterocycles. The van der Waals surface area contributed by atoms with E-state index in [2.05, 4.69) is 0 Å². The molecule has 3 nitrogen and oxygen atoms in total. The summed E-state index contributed by atoms with van der Waals surface area (Å²) in [5.74, 6) is -0.0105. The van der Waals surface area contributed by atoms with Crippen molar-refractivity contribution in [1.82, 2.24) is 4.90 Å². The van der Waals surface area contributed by atoms with Crippen LogP contribution in [0.2, 0.25) is 0 Å². The van der Waals surface area contributed by atoms with Crippen LogP contribution in [-0.4, -0.2) is 22.8 Å². The van der Waals surface area contributed by atoms with Gasteiger partial charge in [-0.05, 0) is 23.3 Å². The maximum Gasteiger partial charge on any atom is 0.253 e. The zero-order valence-electron chi connectivity index (χ0n) is 12.0. The second-order valence-corrected chi connectivity index (χ2v) is 5.51. The number of amides is 1. The molecule has 0 radical (unpaired) electrons. The number of carbonyl (C=O) groups excluding carboxylic acids is 1. The first-order valence-electron chi connectivity index (χ1n) is 6.73. The fraction of sp³-hybridized carbons (Fsp3) is 0.176. The molecule has 0 heterocycles. The van der Waals surface area contributed by atoms with Gasteiger partial charge in [0, 0.05) is 25.6 Å². The molecule has 0 fully saturated rings. The zero-order chi connectivity index (χ0) is 15.2. The zero-order valence-corrected chi connectivity index (χ0v) is 12.8. The van der Waals surface area contributed by atoms with Crippen molar-refractivity contribution in [2.75, 3.05) is 7.05 Å². The lowest BCUT2D eigenvalue weighted by atomic mass is 10.1. The Balaban J connectivity index is 2.10. The van der Waals surface area contributed by atoms with E-state index in [1.807, 2.05) is 54.6 Å². The number of nitrogens with two attached hydrogens (primary N) is 1. The minimum Gasteiger partial charge on any atom is -0.393 e. The van der Waals surface area contributed by atoms with Crippen LogP contribution in [0, 0.1) is 0 Å². The summed E-state index contributed by atoms with van der Waals surface area (Å²) in [6.45, 7) is 0.583. The summed E-state index contributed by atoms with van der Waals surface area (Å²) < 4.78 is 0. The molecule has 1 amide bonds. The third-order valence-corrected chi connectivity index (χ3v) is 3.31. The SMILES string of the molecule is CN(Cc1ccccc1)C(=O)c1cccc(CC(N)=S)c1. The van der Waals surface area contributed by atoms with Gasteiger partial charge >= 0.3 is 0 Å². The molecule has 0 bridgehead atoms. The summed E-state index contributed by atoms with van der Waals surface area (Å²) >= 11 is 4.91. The molecule has 0 saturated heterocycles. The predicted molar refractivity (Wildman–Crippen MR) is 89.2 cm³/mol. The predicted octanol–water partition coefficient (Wildman–Crippen LogP) is 2.79. The number of nitrogens with zero attached hydrogens (tertiary/aromatic N) is 1. The van der Waals surface area contributed by atoms with Crippen molar-refractivity contribution in [3.05, 3.63) is 71.3 Å². The van der Waals surface area contributed by atoms with E-state index < -0.39 is 0 Å². The van der Waals surface area contributed by atoms with Crippen molar-refractivity contribution >= 4 is 23.1 Å². The number of hydrogen-bond donors (Lipinski definition) is 1. The Kier molecular flexibility index (Phi) is 5.06. The van der Waals surface area contributed by atoms with Crippen LogP contribution in [-0.2, 0) is 13.0 Å². The Hall–Kier alpha value is -2.20. The molecule has 2 aromatic rings. The van der Waals surface area contributed by atoms with Crippen LogP contribution in [0.25, 0.3) is 0 Å².